The van der Waals surface area contributed by atoms with Gasteiger partial charge in [-0.3, -0.25) is 4.79 Å². The van der Waals surface area contributed by atoms with Gasteiger partial charge in [-0.15, -0.1) is 0 Å². The highest BCUT2D eigenvalue weighted by Gasteiger charge is 2.24. The zero-order chi connectivity index (χ0) is 18.7. The number of ether oxygens (including phenoxy) is 2. The smallest absolute Gasteiger partial charge is 0.363 e. The average Bonchev–Trinajstić information content (AvgIpc) is 2.98. The molecule has 0 bridgehead atoms. The number of rotatable bonds is 4. The van der Waals surface area contributed by atoms with Crippen molar-refractivity contribution < 1.29 is 19.1 Å². The van der Waals surface area contributed by atoms with Gasteiger partial charge in [0, 0.05) is 12.0 Å². The van der Waals surface area contributed by atoms with E-state index in [1.807, 2.05) is 0 Å². The first-order chi connectivity index (χ1) is 12.5. The van der Waals surface area contributed by atoms with Gasteiger partial charge in [-0.05, 0) is 42.0 Å². The van der Waals surface area contributed by atoms with Crippen molar-refractivity contribution in [3.05, 3.63) is 69.3 Å². The third-order valence-electron chi connectivity index (χ3n) is 3.47. The van der Waals surface area contributed by atoms with Gasteiger partial charge in [-0.25, -0.2) is 9.79 Å². The molecule has 0 unspecified atom stereocenters. The Hall–Kier alpha value is -2.63. The van der Waals surface area contributed by atoms with Crippen LogP contribution in [0.1, 0.15) is 24.5 Å². The van der Waals surface area contributed by atoms with E-state index in [9.17, 15) is 9.59 Å². The predicted molar refractivity (Wildman–Crippen MR) is 99.4 cm³/mol. The lowest BCUT2D eigenvalue weighted by Crippen LogP contribution is -2.05. The van der Waals surface area contributed by atoms with Crippen molar-refractivity contribution >= 4 is 47.1 Å². The molecule has 1 aliphatic rings. The lowest BCUT2D eigenvalue weighted by Gasteiger charge is -2.03. The molecule has 132 valence electrons. The molecular formula is C19H13Cl2NO4. The second-order valence-electron chi connectivity index (χ2n) is 5.37. The molecule has 0 saturated carbocycles. The van der Waals surface area contributed by atoms with E-state index in [2.05, 4.69) is 4.99 Å². The number of carbonyl (C=O) groups excluding carboxylic acids is 2. The molecule has 0 amide bonds. The number of nitrogens with zero attached hydrogens (tertiary/aromatic N) is 1. The molecule has 0 atom stereocenters. The number of hydrogen-bond acceptors (Lipinski definition) is 5. The Balaban J connectivity index is 1.87. The van der Waals surface area contributed by atoms with Crippen molar-refractivity contribution in [3.8, 4) is 5.75 Å². The first-order valence-corrected chi connectivity index (χ1v) is 8.50. The molecular weight excluding hydrogens is 377 g/mol. The summed E-state index contributed by atoms with van der Waals surface area (Å²) in [6.07, 6.45) is 1.82. The standard InChI is InChI=1S/C19H13Cl2NO4/c1-2-17(23)25-13-5-3-4-11(8-13)9-16-19(24)26-18(22-16)12-6-7-14(20)15(21)10-12/h3-10H,2H2,1H3/b16-9-. The summed E-state index contributed by atoms with van der Waals surface area (Å²) in [5, 5.41) is 0.736. The number of carbonyl (C=O) groups is 2. The predicted octanol–water partition coefficient (Wildman–Crippen LogP) is 4.65. The summed E-state index contributed by atoms with van der Waals surface area (Å²) < 4.78 is 10.4. The molecule has 0 fully saturated rings. The fourth-order valence-electron chi connectivity index (χ4n) is 2.19. The Morgan fingerprint density at radius 3 is 2.73 bits per heavy atom. The van der Waals surface area contributed by atoms with Gasteiger partial charge in [0.25, 0.3) is 0 Å². The maximum atomic E-state index is 12.1. The second kappa shape index (κ2) is 7.72. The molecule has 26 heavy (non-hydrogen) atoms. The molecule has 7 heteroatoms. The second-order valence-corrected chi connectivity index (χ2v) is 6.18. The number of aliphatic imine (C=N–C) groups is 1. The van der Waals surface area contributed by atoms with Crippen LogP contribution in [0.25, 0.3) is 6.08 Å². The highest BCUT2D eigenvalue weighted by molar-refractivity contribution is 6.42. The van der Waals surface area contributed by atoms with Crippen LogP contribution in [-0.4, -0.2) is 17.8 Å². The first-order valence-electron chi connectivity index (χ1n) is 7.75. The van der Waals surface area contributed by atoms with E-state index < -0.39 is 5.97 Å². The number of esters is 2. The molecule has 1 aliphatic heterocycles. The molecule has 3 rings (SSSR count). The van der Waals surface area contributed by atoms with Gasteiger partial charge in [0.15, 0.2) is 5.70 Å². The Kier molecular flexibility index (Phi) is 5.40. The molecule has 0 saturated heterocycles. The minimum absolute atomic E-state index is 0.130. The Morgan fingerprint density at radius 1 is 1.19 bits per heavy atom. The maximum absolute atomic E-state index is 12.1. The Bertz CT molecular complexity index is 950. The molecule has 5 nitrogen and oxygen atoms in total. The third kappa shape index (κ3) is 4.12. The van der Waals surface area contributed by atoms with Crippen molar-refractivity contribution in [2.75, 3.05) is 0 Å². The topological polar surface area (TPSA) is 65.0 Å². The van der Waals surface area contributed by atoms with Crippen molar-refractivity contribution in [2.24, 2.45) is 4.99 Å². The van der Waals surface area contributed by atoms with Crippen LogP contribution in [0.3, 0.4) is 0 Å². The van der Waals surface area contributed by atoms with Crippen molar-refractivity contribution in [3.63, 3.8) is 0 Å². The van der Waals surface area contributed by atoms with Crippen LogP contribution in [0.4, 0.5) is 0 Å². The molecule has 0 radical (unpaired) electrons. The van der Waals surface area contributed by atoms with E-state index in [-0.39, 0.29) is 24.0 Å². The molecule has 0 N–H and O–H groups in total. The van der Waals surface area contributed by atoms with E-state index in [0.717, 1.165) is 0 Å². The van der Waals surface area contributed by atoms with Gasteiger partial charge >= 0.3 is 11.9 Å². The average molecular weight is 390 g/mol. The van der Waals surface area contributed by atoms with E-state index in [1.165, 1.54) is 0 Å². The van der Waals surface area contributed by atoms with Gasteiger partial charge in [-0.2, -0.15) is 0 Å². The van der Waals surface area contributed by atoms with Crippen LogP contribution in [0.2, 0.25) is 10.0 Å². The van der Waals surface area contributed by atoms with Crippen molar-refractivity contribution in [2.45, 2.75) is 13.3 Å². The maximum Gasteiger partial charge on any atom is 0.363 e. The quantitative estimate of drug-likeness (QED) is 0.433. The number of cyclic esters (lactones) is 1. The largest absolute Gasteiger partial charge is 0.427 e. The fraction of sp³-hybridized carbons (Fsp3) is 0.105. The van der Waals surface area contributed by atoms with Crippen LogP contribution >= 0.6 is 23.2 Å². The minimum atomic E-state index is -0.581. The Labute approximate surface area is 159 Å². The van der Waals surface area contributed by atoms with Crippen molar-refractivity contribution in [1.29, 1.82) is 0 Å². The van der Waals surface area contributed by atoms with Gasteiger partial charge in [-0.1, -0.05) is 42.3 Å². The highest BCUT2D eigenvalue weighted by atomic mass is 35.5. The number of hydrogen-bond donors (Lipinski definition) is 0. The van der Waals surface area contributed by atoms with Gasteiger partial charge in [0.2, 0.25) is 5.90 Å². The molecule has 0 aromatic heterocycles. The molecule has 2 aromatic carbocycles. The van der Waals surface area contributed by atoms with Crippen LogP contribution in [0, 0.1) is 0 Å². The first kappa shape index (κ1) is 18.2. The molecule has 1 heterocycles. The van der Waals surface area contributed by atoms with Crippen LogP contribution in [0.15, 0.2) is 53.2 Å². The monoisotopic (exact) mass is 389 g/mol. The van der Waals surface area contributed by atoms with Crippen LogP contribution in [-0.2, 0) is 14.3 Å². The molecule has 0 spiro atoms. The lowest BCUT2D eigenvalue weighted by molar-refractivity contribution is -0.134. The summed E-state index contributed by atoms with van der Waals surface area (Å²) in [4.78, 5) is 27.7. The van der Waals surface area contributed by atoms with Gasteiger partial charge < -0.3 is 9.47 Å². The molecule has 0 aliphatic carbocycles. The Morgan fingerprint density at radius 2 is 2.00 bits per heavy atom. The van der Waals surface area contributed by atoms with Gasteiger partial charge in [0.05, 0.1) is 10.0 Å². The summed E-state index contributed by atoms with van der Waals surface area (Å²) in [6.45, 7) is 1.71. The SMILES string of the molecule is CCC(=O)Oc1cccc(/C=C2\N=C(c3ccc(Cl)c(Cl)c3)OC2=O)c1. The zero-order valence-corrected chi connectivity index (χ0v) is 15.2. The summed E-state index contributed by atoms with van der Waals surface area (Å²) >= 11 is 11.9. The zero-order valence-electron chi connectivity index (χ0n) is 13.7. The normalized spacial score (nSPS) is 15.0. The summed E-state index contributed by atoms with van der Waals surface area (Å²) in [7, 11) is 0. The lowest BCUT2D eigenvalue weighted by atomic mass is 10.2. The third-order valence-corrected chi connectivity index (χ3v) is 4.21. The highest BCUT2D eigenvalue weighted by Crippen LogP contribution is 2.26. The van der Waals surface area contributed by atoms with E-state index in [0.29, 0.717) is 26.9 Å². The summed E-state index contributed by atoms with van der Waals surface area (Å²) in [5.41, 5.74) is 1.32. The van der Waals surface area contributed by atoms with E-state index in [4.69, 9.17) is 32.7 Å². The number of halogens is 2. The van der Waals surface area contributed by atoms with E-state index in [1.54, 1.807) is 55.5 Å². The fourth-order valence-corrected chi connectivity index (χ4v) is 2.49. The number of benzene rings is 2. The summed E-state index contributed by atoms with van der Waals surface area (Å²) in [6, 6.07) is 11.6. The van der Waals surface area contributed by atoms with Crippen LogP contribution < -0.4 is 4.74 Å². The van der Waals surface area contributed by atoms with E-state index >= 15 is 0 Å². The molecule has 2 aromatic rings. The van der Waals surface area contributed by atoms with Gasteiger partial charge in [0.1, 0.15) is 5.75 Å². The minimum Gasteiger partial charge on any atom is -0.427 e. The summed E-state index contributed by atoms with van der Waals surface area (Å²) in [5.74, 6) is -0.378. The van der Waals surface area contributed by atoms with Crippen molar-refractivity contribution in [1.82, 2.24) is 0 Å². The van der Waals surface area contributed by atoms with Crippen LogP contribution in [0.5, 0.6) is 5.75 Å².